The quantitative estimate of drug-likeness (QED) is 0.751. The summed E-state index contributed by atoms with van der Waals surface area (Å²) in [5.74, 6) is -0.147. The number of halogens is 1. The summed E-state index contributed by atoms with van der Waals surface area (Å²) in [6.07, 6.45) is 0. The monoisotopic (exact) mass is 264 g/mol. The molecule has 0 spiro atoms. The highest BCUT2D eigenvalue weighted by Crippen LogP contribution is 2.29. The average Bonchev–Trinajstić information content (AvgIpc) is 2.35. The van der Waals surface area contributed by atoms with Crippen LogP contribution in [0, 0.1) is 5.82 Å². The van der Waals surface area contributed by atoms with Gasteiger partial charge in [-0.15, -0.1) is 0 Å². The van der Waals surface area contributed by atoms with Gasteiger partial charge < -0.3 is 10.2 Å². The highest BCUT2D eigenvalue weighted by Gasteiger charge is 2.18. The lowest BCUT2D eigenvalue weighted by atomic mass is 10.0. The second kappa shape index (κ2) is 7.29. The molecule has 1 aromatic carbocycles. The van der Waals surface area contributed by atoms with E-state index in [0.717, 1.165) is 36.5 Å². The van der Waals surface area contributed by atoms with Crippen molar-refractivity contribution in [3.05, 3.63) is 41.7 Å². The van der Waals surface area contributed by atoms with Gasteiger partial charge in [0.15, 0.2) is 0 Å². The first kappa shape index (κ1) is 15.7. The Hall–Kier alpha value is -1.35. The molecular weight excluding hydrogens is 239 g/mol. The van der Waals surface area contributed by atoms with Gasteiger partial charge in [0, 0.05) is 30.4 Å². The predicted octanol–water partition coefficient (Wildman–Crippen LogP) is 3.90. The number of anilines is 1. The van der Waals surface area contributed by atoms with Crippen LogP contribution in [-0.2, 0) is 0 Å². The Kier molecular flexibility index (Phi) is 6.03. The van der Waals surface area contributed by atoms with Crippen LogP contribution in [0.5, 0.6) is 0 Å². The maximum absolute atomic E-state index is 14.2. The molecule has 0 aliphatic carbocycles. The number of nitrogens with zero attached hydrogens (tertiary/aromatic N) is 1. The Bertz CT molecular complexity index is 429. The molecule has 0 amide bonds. The van der Waals surface area contributed by atoms with Crippen LogP contribution in [-0.4, -0.2) is 19.6 Å². The minimum Gasteiger partial charge on any atom is -0.367 e. The van der Waals surface area contributed by atoms with Crippen molar-refractivity contribution in [3.8, 4) is 0 Å². The van der Waals surface area contributed by atoms with E-state index < -0.39 is 0 Å². The van der Waals surface area contributed by atoms with Gasteiger partial charge in [0.1, 0.15) is 5.82 Å². The third-order valence-electron chi connectivity index (χ3n) is 3.16. The summed E-state index contributed by atoms with van der Waals surface area (Å²) >= 11 is 0. The topological polar surface area (TPSA) is 15.3 Å². The van der Waals surface area contributed by atoms with Gasteiger partial charge in [0.25, 0.3) is 0 Å². The summed E-state index contributed by atoms with van der Waals surface area (Å²) in [5, 5.41) is 3.29. The second-order valence-corrected chi connectivity index (χ2v) is 4.92. The normalized spacial score (nSPS) is 12.3. The SMILES string of the molecule is C=C(C)CN(CC)c1cccc(F)c1C(C)NCC. The van der Waals surface area contributed by atoms with Gasteiger partial charge in [0.2, 0.25) is 0 Å². The van der Waals surface area contributed by atoms with Gasteiger partial charge in [-0.25, -0.2) is 4.39 Å². The molecule has 0 aromatic heterocycles. The maximum Gasteiger partial charge on any atom is 0.130 e. The Morgan fingerprint density at radius 1 is 1.42 bits per heavy atom. The highest BCUT2D eigenvalue weighted by atomic mass is 19.1. The lowest BCUT2D eigenvalue weighted by molar-refractivity contribution is 0.539. The van der Waals surface area contributed by atoms with Gasteiger partial charge in [0.05, 0.1) is 0 Å². The molecular formula is C16H25FN2. The molecule has 2 nitrogen and oxygen atoms in total. The van der Waals surface area contributed by atoms with Crippen molar-refractivity contribution >= 4 is 5.69 Å². The Morgan fingerprint density at radius 2 is 2.11 bits per heavy atom. The summed E-state index contributed by atoms with van der Waals surface area (Å²) in [7, 11) is 0. The maximum atomic E-state index is 14.2. The highest BCUT2D eigenvalue weighted by molar-refractivity contribution is 5.56. The average molecular weight is 264 g/mol. The fraction of sp³-hybridized carbons (Fsp3) is 0.500. The molecule has 0 radical (unpaired) electrons. The van der Waals surface area contributed by atoms with E-state index in [-0.39, 0.29) is 11.9 Å². The smallest absolute Gasteiger partial charge is 0.130 e. The Morgan fingerprint density at radius 3 is 2.63 bits per heavy atom. The van der Waals surface area contributed by atoms with Crippen LogP contribution in [0.1, 0.15) is 39.3 Å². The molecule has 0 saturated heterocycles. The molecule has 1 atom stereocenters. The van der Waals surface area contributed by atoms with Gasteiger partial charge >= 0.3 is 0 Å². The molecule has 0 aliphatic rings. The van der Waals surface area contributed by atoms with Crippen LogP contribution >= 0.6 is 0 Å². The number of likely N-dealkylation sites (N-methyl/N-ethyl adjacent to an activating group) is 1. The van der Waals surface area contributed by atoms with Crippen molar-refractivity contribution < 1.29 is 4.39 Å². The van der Waals surface area contributed by atoms with Crippen LogP contribution in [0.25, 0.3) is 0 Å². The molecule has 0 saturated carbocycles. The van der Waals surface area contributed by atoms with Crippen molar-refractivity contribution in [2.75, 3.05) is 24.5 Å². The van der Waals surface area contributed by atoms with Crippen LogP contribution in [0.3, 0.4) is 0 Å². The fourth-order valence-electron chi connectivity index (χ4n) is 2.33. The standard InChI is InChI=1S/C16H25FN2/c1-6-18-13(5)16-14(17)9-8-10-15(16)19(7-2)11-12(3)4/h8-10,13,18H,3,6-7,11H2,1-2,4-5H3. The molecule has 0 aliphatic heterocycles. The molecule has 0 heterocycles. The first-order valence-electron chi connectivity index (χ1n) is 6.92. The first-order chi connectivity index (χ1) is 9.01. The lowest BCUT2D eigenvalue weighted by Gasteiger charge is -2.28. The Balaban J connectivity index is 3.17. The van der Waals surface area contributed by atoms with Gasteiger partial charge in [-0.2, -0.15) is 0 Å². The number of hydrogen-bond donors (Lipinski definition) is 1. The first-order valence-corrected chi connectivity index (χ1v) is 6.92. The van der Waals surface area contributed by atoms with Crippen LogP contribution in [0.2, 0.25) is 0 Å². The minimum absolute atomic E-state index is 0.000344. The summed E-state index contributed by atoms with van der Waals surface area (Å²) in [6.45, 7) is 14.5. The van der Waals surface area contributed by atoms with Crippen molar-refractivity contribution in [1.29, 1.82) is 0 Å². The molecule has 1 rings (SSSR count). The Labute approximate surface area is 116 Å². The number of rotatable bonds is 7. The molecule has 1 unspecified atom stereocenters. The van der Waals surface area contributed by atoms with E-state index in [4.69, 9.17) is 0 Å². The molecule has 19 heavy (non-hydrogen) atoms. The third kappa shape index (κ3) is 4.06. The van der Waals surface area contributed by atoms with Crippen LogP contribution in [0.15, 0.2) is 30.4 Å². The van der Waals surface area contributed by atoms with E-state index in [9.17, 15) is 4.39 Å². The second-order valence-electron chi connectivity index (χ2n) is 4.92. The lowest BCUT2D eigenvalue weighted by Crippen LogP contribution is -2.28. The molecule has 1 aromatic rings. The van der Waals surface area contributed by atoms with Crippen molar-refractivity contribution in [3.63, 3.8) is 0 Å². The number of nitrogens with one attached hydrogen (secondary N) is 1. The largest absolute Gasteiger partial charge is 0.367 e. The summed E-state index contributed by atoms with van der Waals surface area (Å²) in [4.78, 5) is 2.16. The zero-order valence-electron chi connectivity index (χ0n) is 12.5. The van der Waals surface area contributed by atoms with Crippen molar-refractivity contribution in [2.24, 2.45) is 0 Å². The van der Waals surface area contributed by atoms with E-state index >= 15 is 0 Å². The fourth-order valence-corrected chi connectivity index (χ4v) is 2.33. The molecule has 106 valence electrons. The number of benzene rings is 1. The third-order valence-corrected chi connectivity index (χ3v) is 3.16. The summed E-state index contributed by atoms with van der Waals surface area (Å²) in [5.41, 5.74) is 2.78. The van der Waals surface area contributed by atoms with E-state index in [0.29, 0.717) is 0 Å². The van der Waals surface area contributed by atoms with E-state index in [1.165, 1.54) is 6.07 Å². The van der Waals surface area contributed by atoms with Gasteiger partial charge in [-0.05, 0) is 39.4 Å². The molecule has 1 N–H and O–H groups in total. The summed E-state index contributed by atoms with van der Waals surface area (Å²) in [6, 6.07) is 5.29. The molecule has 3 heteroatoms. The van der Waals surface area contributed by atoms with Crippen molar-refractivity contribution in [2.45, 2.75) is 33.7 Å². The summed E-state index contributed by atoms with van der Waals surface area (Å²) < 4.78 is 14.2. The van der Waals surface area contributed by atoms with E-state index in [1.54, 1.807) is 6.07 Å². The minimum atomic E-state index is -0.147. The van der Waals surface area contributed by atoms with Crippen LogP contribution < -0.4 is 10.2 Å². The molecule has 0 fully saturated rings. The van der Waals surface area contributed by atoms with Crippen molar-refractivity contribution in [1.82, 2.24) is 5.32 Å². The molecule has 0 bridgehead atoms. The van der Waals surface area contributed by atoms with Gasteiger partial charge in [-0.1, -0.05) is 25.1 Å². The zero-order chi connectivity index (χ0) is 14.4. The van der Waals surface area contributed by atoms with E-state index in [2.05, 4.69) is 23.7 Å². The number of hydrogen-bond acceptors (Lipinski definition) is 2. The van der Waals surface area contributed by atoms with Gasteiger partial charge in [-0.3, -0.25) is 0 Å². The predicted molar refractivity (Wildman–Crippen MR) is 81.2 cm³/mol. The zero-order valence-corrected chi connectivity index (χ0v) is 12.5. The van der Waals surface area contributed by atoms with Crippen LogP contribution in [0.4, 0.5) is 10.1 Å². The van der Waals surface area contributed by atoms with E-state index in [1.807, 2.05) is 26.8 Å².